The molecule has 0 bridgehead atoms. The van der Waals surface area contributed by atoms with Gasteiger partial charge in [0.15, 0.2) is 0 Å². The van der Waals surface area contributed by atoms with Gasteiger partial charge in [0.2, 0.25) is 5.91 Å². The fourth-order valence-corrected chi connectivity index (χ4v) is 2.51. The average molecular weight is 299 g/mol. The first-order chi connectivity index (χ1) is 10.1. The molecule has 0 heterocycles. The summed E-state index contributed by atoms with van der Waals surface area (Å²) in [6.45, 7) is 0.565. The molecule has 0 aromatic heterocycles. The van der Waals surface area contributed by atoms with Crippen molar-refractivity contribution in [2.75, 3.05) is 24.7 Å². The standard InChI is InChI=1S/C17H19N2OS/c1-19(2)15-10-8-14(9-11-15)12-18-17(20)13-21-16-6-4-3-5-7-16/h4-11H,12-13H2,1-2H3,(H,18,20). The number of benzene rings is 2. The first kappa shape index (κ1) is 15.4. The number of nitrogens with one attached hydrogen (secondary N) is 1. The summed E-state index contributed by atoms with van der Waals surface area (Å²) >= 11 is 1.53. The number of anilines is 1. The number of hydrogen-bond acceptors (Lipinski definition) is 3. The van der Waals surface area contributed by atoms with Crippen molar-refractivity contribution >= 4 is 23.4 Å². The molecule has 2 rings (SSSR count). The van der Waals surface area contributed by atoms with Gasteiger partial charge in [-0.25, -0.2) is 0 Å². The molecule has 0 aliphatic heterocycles. The van der Waals surface area contributed by atoms with Crippen molar-refractivity contribution in [3.05, 3.63) is 60.2 Å². The van der Waals surface area contributed by atoms with Crippen molar-refractivity contribution < 1.29 is 4.79 Å². The monoisotopic (exact) mass is 299 g/mol. The van der Waals surface area contributed by atoms with Gasteiger partial charge in [-0.15, -0.1) is 11.8 Å². The molecule has 21 heavy (non-hydrogen) atoms. The Morgan fingerprint density at radius 2 is 1.81 bits per heavy atom. The minimum Gasteiger partial charge on any atom is -0.378 e. The smallest absolute Gasteiger partial charge is 0.230 e. The first-order valence-corrected chi connectivity index (χ1v) is 7.75. The molecule has 1 amide bonds. The Kier molecular flexibility index (Phi) is 5.69. The van der Waals surface area contributed by atoms with E-state index in [9.17, 15) is 4.79 Å². The van der Waals surface area contributed by atoms with Crippen LogP contribution >= 0.6 is 11.8 Å². The Morgan fingerprint density at radius 3 is 2.43 bits per heavy atom. The maximum atomic E-state index is 11.8. The minimum absolute atomic E-state index is 0.0459. The zero-order valence-electron chi connectivity index (χ0n) is 12.3. The van der Waals surface area contributed by atoms with Crippen molar-refractivity contribution in [3.8, 4) is 0 Å². The Bertz CT molecular complexity index is 567. The molecule has 0 aliphatic rings. The Morgan fingerprint density at radius 1 is 1.14 bits per heavy atom. The van der Waals surface area contributed by atoms with Crippen molar-refractivity contribution in [2.24, 2.45) is 0 Å². The molecule has 0 saturated carbocycles. The molecule has 0 spiro atoms. The third kappa shape index (κ3) is 5.16. The Labute approximate surface area is 130 Å². The van der Waals surface area contributed by atoms with E-state index in [0.717, 1.165) is 16.1 Å². The highest BCUT2D eigenvalue weighted by molar-refractivity contribution is 8.00. The third-order valence-electron chi connectivity index (χ3n) is 3.00. The van der Waals surface area contributed by atoms with E-state index < -0.39 is 0 Å². The van der Waals surface area contributed by atoms with Crippen LogP contribution in [0.5, 0.6) is 0 Å². The number of thioether (sulfide) groups is 1. The summed E-state index contributed by atoms with van der Waals surface area (Å²) in [7, 11) is 4.02. The number of amides is 1. The zero-order chi connectivity index (χ0) is 15.1. The van der Waals surface area contributed by atoms with Crippen LogP contribution in [0.3, 0.4) is 0 Å². The highest BCUT2D eigenvalue weighted by atomic mass is 32.2. The van der Waals surface area contributed by atoms with Crippen LogP contribution < -0.4 is 10.2 Å². The maximum absolute atomic E-state index is 11.8. The predicted molar refractivity (Wildman–Crippen MR) is 88.6 cm³/mol. The summed E-state index contributed by atoms with van der Waals surface area (Å²) in [6.07, 6.45) is 0. The van der Waals surface area contributed by atoms with Crippen molar-refractivity contribution in [2.45, 2.75) is 11.4 Å². The molecule has 109 valence electrons. The second-order valence-electron chi connectivity index (χ2n) is 4.86. The predicted octanol–water partition coefficient (Wildman–Crippen LogP) is 2.96. The first-order valence-electron chi connectivity index (χ1n) is 6.77. The van der Waals surface area contributed by atoms with Crippen LogP contribution in [0.25, 0.3) is 0 Å². The largest absolute Gasteiger partial charge is 0.378 e. The molecule has 0 aliphatic carbocycles. The van der Waals surface area contributed by atoms with Gasteiger partial charge in [0.1, 0.15) is 0 Å². The summed E-state index contributed by atoms with van der Waals surface area (Å²) in [5.74, 6) is 0.476. The van der Waals surface area contributed by atoms with Crippen molar-refractivity contribution in [1.82, 2.24) is 5.32 Å². The van der Waals surface area contributed by atoms with Gasteiger partial charge < -0.3 is 10.2 Å². The van der Waals surface area contributed by atoms with E-state index in [4.69, 9.17) is 0 Å². The number of rotatable bonds is 6. The van der Waals surface area contributed by atoms with Gasteiger partial charge in [-0.3, -0.25) is 4.79 Å². The lowest BCUT2D eigenvalue weighted by Crippen LogP contribution is -2.24. The Balaban J connectivity index is 1.76. The van der Waals surface area contributed by atoms with Gasteiger partial charge in [0.05, 0.1) is 5.75 Å². The number of carbonyl (C=O) groups is 1. The summed E-state index contributed by atoms with van der Waals surface area (Å²) in [5.41, 5.74) is 2.26. The number of carbonyl (C=O) groups excluding carboxylic acids is 1. The molecule has 2 aromatic rings. The SMILES string of the molecule is CN(C)c1ccc(CNC(=O)CSc2cc[c]cc2)cc1. The quantitative estimate of drug-likeness (QED) is 0.832. The van der Waals surface area contributed by atoms with Gasteiger partial charge >= 0.3 is 0 Å². The normalized spacial score (nSPS) is 10.2. The molecule has 0 fully saturated rings. The lowest BCUT2D eigenvalue weighted by Gasteiger charge is -2.12. The average Bonchev–Trinajstić information content (AvgIpc) is 2.52. The van der Waals surface area contributed by atoms with Gasteiger partial charge in [-0.2, -0.15) is 0 Å². The van der Waals surface area contributed by atoms with Crippen LogP contribution in [0.15, 0.2) is 53.4 Å². The van der Waals surface area contributed by atoms with Gasteiger partial charge in [0, 0.05) is 31.2 Å². The van der Waals surface area contributed by atoms with Crippen LogP contribution in [0.4, 0.5) is 5.69 Å². The van der Waals surface area contributed by atoms with E-state index >= 15 is 0 Å². The topological polar surface area (TPSA) is 32.3 Å². The van der Waals surface area contributed by atoms with E-state index in [-0.39, 0.29) is 5.91 Å². The maximum Gasteiger partial charge on any atom is 0.230 e. The summed E-state index contributed by atoms with van der Waals surface area (Å²) < 4.78 is 0. The molecule has 0 saturated heterocycles. The van der Waals surface area contributed by atoms with Gasteiger partial charge in [-0.1, -0.05) is 24.3 Å². The molecule has 0 unspecified atom stereocenters. The molecule has 0 atom stereocenters. The van der Waals surface area contributed by atoms with Crippen LogP contribution in [0, 0.1) is 6.07 Å². The molecular weight excluding hydrogens is 280 g/mol. The van der Waals surface area contributed by atoms with E-state index in [0.29, 0.717) is 12.3 Å². The number of nitrogens with zero attached hydrogens (tertiary/aromatic N) is 1. The number of hydrogen-bond donors (Lipinski definition) is 1. The third-order valence-corrected chi connectivity index (χ3v) is 4.01. The van der Waals surface area contributed by atoms with Crippen LogP contribution in [0.2, 0.25) is 0 Å². The van der Waals surface area contributed by atoms with Gasteiger partial charge in [-0.05, 0) is 35.9 Å². The molecule has 2 aromatic carbocycles. The molecular formula is C17H19N2OS. The summed E-state index contributed by atoms with van der Waals surface area (Å²) in [4.78, 5) is 15.0. The van der Waals surface area contributed by atoms with Crippen molar-refractivity contribution in [3.63, 3.8) is 0 Å². The summed E-state index contributed by atoms with van der Waals surface area (Å²) in [6, 6.07) is 18.8. The highest BCUT2D eigenvalue weighted by Gasteiger charge is 2.03. The van der Waals surface area contributed by atoms with E-state index in [2.05, 4.69) is 28.4 Å². The molecule has 3 nitrogen and oxygen atoms in total. The minimum atomic E-state index is 0.0459. The van der Waals surface area contributed by atoms with Crippen LogP contribution in [-0.2, 0) is 11.3 Å². The van der Waals surface area contributed by atoms with E-state index in [1.165, 1.54) is 11.8 Å². The molecule has 1 N–H and O–H groups in total. The van der Waals surface area contributed by atoms with Crippen molar-refractivity contribution in [1.29, 1.82) is 0 Å². The highest BCUT2D eigenvalue weighted by Crippen LogP contribution is 2.16. The second-order valence-corrected chi connectivity index (χ2v) is 5.91. The fraction of sp³-hybridized carbons (Fsp3) is 0.235. The Hall–Kier alpha value is -1.94. The lowest BCUT2D eigenvalue weighted by atomic mass is 10.2. The second kappa shape index (κ2) is 7.74. The van der Waals surface area contributed by atoms with E-state index in [1.807, 2.05) is 50.5 Å². The van der Waals surface area contributed by atoms with Crippen LogP contribution in [-0.4, -0.2) is 25.8 Å². The van der Waals surface area contributed by atoms with Gasteiger partial charge in [0.25, 0.3) is 0 Å². The molecule has 4 heteroatoms. The molecule has 1 radical (unpaired) electrons. The summed E-state index contributed by atoms with van der Waals surface area (Å²) in [5, 5.41) is 2.94. The fourth-order valence-electron chi connectivity index (χ4n) is 1.78. The van der Waals surface area contributed by atoms with Crippen LogP contribution in [0.1, 0.15) is 5.56 Å². The van der Waals surface area contributed by atoms with E-state index in [1.54, 1.807) is 0 Å². The zero-order valence-corrected chi connectivity index (χ0v) is 13.1. The lowest BCUT2D eigenvalue weighted by molar-refractivity contribution is -0.118.